The molecule has 15 heavy (non-hydrogen) atoms. The highest BCUT2D eigenvalue weighted by molar-refractivity contribution is 5.96. The van der Waals surface area contributed by atoms with Gasteiger partial charge >= 0.3 is 0 Å². The molecule has 0 aliphatic rings. The third-order valence-corrected chi connectivity index (χ3v) is 2.06. The van der Waals surface area contributed by atoms with E-state index in [2.05, 4.69) is 11.9 Å². The first kappa shape index (κ1) is 11.3. The van der Waals surface area contributed by atoms with Crippen LogP contribution >= 0.6 is 0 Å². The van der Waals surface area contributed by atoms with Gasteiger partial charge in [-0.25, -0.2) is 0 Å². The maximum Gasteiger partial charge on any atom is 0.251 e. The van der Waals surface area contributed by atoms with Crippen LogP contribution in [-0.2, 0) is 0 Å². The van der Waals surface area contributed by atoms with Gasteiger partial charge in [0.25, 0.3) is 5.91 Å². The highest BCUT2D eigenvalue weighted by Gasteiger charge is 2.08. The molecule has 0 atom stereocenters. The SMILES string of the molecule is C=C(C)CNC(=O)c1cc(N)ccc1C. The molecule has 0 aliphatic heterocycles. The van der Waals surface area contributed by atoms with Gasteiger partial charge in [0.1, 0.15) is 0 Å². The predicted molar refractivity (Wildman–Crippen MR) is 62.7 cm³/mol. The average molecular weight is 204 g/mol. The van der Waals surface area contributed by atoms with Gasteiger partial charge in [0.15, 0.2) is 0 Å². The maximum atomic E-state index is 11.7. The van der Waals surface area contributed by atoms with Gasteiger partial charge in [-0.05, 0) is 31.5 Å². The number of hydrogen-bond acceptors (Lipinski definition) is 2. The number of benzene rings is 1. The van der Waals surface area contributed by atoms with Crippen LogP contribution in [0, 0.1) is 6.92 Å². The predicted octanol–water partition coefficient (Wildman–Crippen LogP) is 1.88. The molecule has 3 N–H and O–H groups in total. The van der Waals surface area contributed by atoms with Crippen LogP contribution in [0.2, 0.25) is 0 Å². The number of nitrogens with one attached hydrogen (secondary N) is 1. The summed E-state index contributed by atoms with van der Waals surface area (Å²) in [6.07, 6.45) is 0. The number of nitrogen functional groups attached to an aromatic ring is 1. The zero-order valence-corrected chi connectivity index (χ0v) is 9.13. The fraction of sp³-hybridized carbons (Fsp3) is 0.250. The van der Waals surface area contributed by atoms with E-state index >= 15 is 0 Å². The summed E-state index contributed by atoms with van der Waals surface area (Å²) in [6.45, 7) is 7.97. The first-order valence-corrected chi connectivity index (χ1v) is 4.79. The van der Waals surface area contributed by atoms with Crippen molar-refractivity contribution in [2.45, 2.75) is 13.8 Å². The van der Waals surface area contributed by atoms with Crippen LogP contribution in [0.15, 0.2) is 30.4 Å². The molecule has 0 heterocycles. The van der Waals surface area contributed by atoms with Gasteiger partial charge in [-0.3, -0.25) is 4.79 Å². The fourth-order valence-electron chi connectivity index (χ4n) is 1.21. The first-order valence-electron chi connectivity index (χ1n) is 4.79. The lowest BCUT2D eigenvalue weighted by molar-refractivity contribution is 0.0956. The molecule has 80 valence electrons. The molecule has 0 aliphatic carbocycles. The summed E-state index contributed by atoms with van der Waals surface area (Å²) in [6, 6.07) is 5.30. The van der Waals surface area contributed by atoms with Crippen molar-refractivity contribution in [2.75, 3.05) is 12.3 Å². The van der Waals surface area contributed by atoms with E-state index in [1.54, 1.807) is 12.1 Å². The van der Waals surface area contributed by atoms with E-state index in [1.165, 1.54) is 0 Å². The van der Waals surface area contributed by atoms with Crippen molar-refractivity contribution >= 4 is 11.6 Å². The number of rotatable bonds is 3. The molecular weight excluding hydrogens is 188 g/mol. The average Bonchev–Trinajstić information content (AvgIpc) is 2.18. The molecule has 1 rings (SSSR count). The quantitative estimate of drug-likeness (QED) is 0.583. The van der Waals surface area contributed by atoms with E-state index in [-0.39, 0.29) is 5.91 Å². The first-order chi connectivity index (χ1) is 7.00. The molecule has 0 saturated carbocycles. The molecule has 1 aromatic rings. The summed E-state index contributed by atoms with van der Waals surface area (Å²) in [4.78, 5) is 11.7. The topological polar surface area (TPSA) is 55.1 Å². The molecule has 3 heteroatoms. The lowest BCUT2D eigenvalue weighted by atomic mass is 10.1. The second kappa shape index (κ2) is 4.64. The molecule has 1 amide bonds. The zero-order valence-electron chi connectivity index (χ0n) is 9.13. The van der Waals surface area contributed by atoms with E-state index in [4.69, 9.17) is 5.73 Å². The molecule has 0 bridgehead atoms. The van der Waals surface area contributed by atoms with E-state index in [1.807, 2.05) is 19.9 Å². The van der Waals surface area contributed by atoms with Gasteiger partial charge in [0.2, 0.25) is 0 Å². The Morgan fingerprint density at radius 1 is 1.53 bits per heavy atom. The van der Waals surface area contributed by atoms with Crippen LogP contribution < -0.4 is 11.1 Å². The highest BCUT2D eigenvalue weighted by Crippen LogP contribution is 2.12. The smallest absolute Gasteiger partial charge is 0.251 e. The van der Waals surface area contributed by atoms with Gasteiger partial charge in [-0.15, -0.1) is 0 Å². The lowest BCUT2D eigenvalue weighted by Gasteiger charge is -2.08. The Labute approximate surface area is 90.0 Å². The van der Waals surface area contributed by atoms with Crippen molar-refractivity contribution < 1.29 is 4.79 Å². The van der Waals surface area contributed by atoms with Crippen LogP contribution in [0.5, 0.6) is 0 Å². The summed E-state index contributed by atoms with van der Waals surface area (Å²) in [7, 11) is 0. The van der Waals surface area contributed by atoms with Crippen LogP contribution in [0.1, 0.15) is 22.8 Å². The second-order valence-corrected chi connectivity index (χ2v) is 3.71. The molecule has 0 saturated heterocycles. The third-order valence-electron chi connectivity index (χ3n) is 2.06. The Morgan fingerprint density at radius 3 is 2.80 bits per heavy atom. The van der Waals surface area contributed by atoms with Crippen LogP contribution in [0.25, 0.3) is 0 Å². The Morgan fingerprint density at radius 2 is 2.20 bits per heavy atom. The summed E-state index contributed by atoms with van der Waals surface area (Å²) in [5.41, 5.74) is 8.68. The van der Waals surface area contributed by atoms with Crippen molar-refractivity contribution in [2.24, 2.45) is 0 Å². The van der Waals surface area contributed by atoms with Crippen LogP contribution in [-0.4, -0.2) is 12.5 Å². The summed E-state index contributed by atoms with van der Waals surface area (Å²) in [5.74, 6) is -0.109. The maximum absolute atomic E-state index is 11.7. The van der Waals surface area contributed by atoms with Crippen molar-refractivity contribution in [3.8, 4) is 0 Å². The van der Waals surface area contributed by atoms with Crippen LogP contribution in [0.4, 0.5) is 5.69 Å². The van der Waals surface area contributed by atoms with Gasteiger partial charge < -0.3 is 11.1 Å². The lowest BCUT2D eigenvalue weighted by Crippen LogP contribution is -2.25. The fourth-order valence-corrected chi connectivity index (χ4v) is 1.21. The van der Waals surface area contributed by atoms with Crippen molar-refractivity contribution in [1.82, 2.24) is 5.32 Å². The van der Waals surface area contributed by atoms with E-state index in [0.29, 0.717) is 17.8 Å². The van der Waals surface area contributed by atoms with E-state index < -0.39 is 0 Å². The van der Waals surface area contributed by atoms with Crippen molar-refractivity contribution in [3.05, 3.63) is 41.5 Å². The van der Waals surface area contributed by atoms with Crippen molar-refractivity contribution in [3.63, 3.8) is 0 Å². The number of carbonyl (C=O) groups excluding carboxylic acids is 1. The molecular formula is C12H16N2O. The third kappa shape index (κ3) is 3.13. The molecule has 0 radical (unpaired) electrons. The second-order valence-electron chi connectivity index (χ2n) is 3.71. The number of anilines is 1. The van der Waals surface area contributed by atoms with E-state index in [0.717, 1.165) is 11.1 Å². The highest BCUT2D eigenvalue weighted by atomic mass is 16.1. The normalized spacial score (nSPS) is 9.73. The minimum absolute atomic E-state index is 0.109. The monoisotopic (exact) mass is 204 g/mol. The number of hydrogen-bond donors (Lipinski definition) is 2. The number of aryl methyl sites for hydroxylation is 1. The standard InChI is InChI=1S/C12H16N2O/c1-8(2)7-14-12(15)11-6-10(13)5-4-9(11)3/h4-6H,1,7,13H2,2-3H3,(H,14,15). The molecule has 0 fully saturated rings. The van der Waals surface area contributed by atoms with Gasteiger partial charge in [0.05, 0.1) is 0 Å². The minimum Gasteiger partial charge on any atom is -0.399 e. The Bertz CT molecular complexity index is 397. The van der Waals surface area contributed by atoms with Crippen molar-refractivity contribution in [1.29, 1.82) is 0 Å². The largest absolute Gasteiger partial charge is 0.399 e. The molecule has 0 aromatic heterocycles. The summed E-state index contributed by atoms with van der Waals surface area (Å²) in [5, 5.41) is 2.77. The van der Waals surface area contributed by atoms with Gasteiger partial charge in [0, 0.05) is 17.8 Å². The number of carbonyl (C=O) groups is 1. The van der Waals surface area contributed by atoms with E-state index in [9.17, 15) is 4.79 Å². The minimum atomic E-state index is -0.109. The Kier molecular flexibility index (Phi) is 3.50. The Balaban J connectivity index is 2.81. The van der Waals surface area contributed by atoms with Gasteiger partial charge in [-0.1, -0.05) is 18.2 Å². The molecule has 0 spiro atoms. The Hall–Kier alpha value is -1.77. The summed E-state index contributed by atoms with van der Waals surface area (Å²) < 4.78 is 0. The number of nitrogens with two attached hydrogens (primary N) is 1. The molecule has 0 unspecified atom stereocenters. The molecule has 1 aromatic carbocycles. The summed E-state index contributed by atoms with van der Waals surface area (Å²) >= 11 is 0. The number of amides is 1. The molecule has 3 nitrogen and oxygen atoms in total. The zero-order chi connectivity index (χ0) is 11.4. The van der Waals surface area contributed by atoms with Gasteiger partial charge in [-0.2, -0.15) is 0 Å². The van der Waals surface area contributed by atoms with Crippen LogP contribution in [0.3, 0.4) is 0 Å².